The van der Waals surface area contributed by atoms with Gasteiger partial charge >= 0.3 is 0 Å². The van der Waals surface area contributed by atoms with Gasteiger partial charge in [0.05, 0.1) is 0 Å². The summed E-state index contributed by atoms with van der Waals surface area (Å²) in [5, 5.41) is 2.97. The molecule has 2 heteroatoms. The summed E-state index contributed by atoms with van der Waals surface area (Å²) in [7, 11) is 1.87. The first-order valence-electron chi connectivity index (χ1n) is 4.92. The average molecular weight is 193 g/mol. The molecular formula is C12H19NO. The number of para-hydroxylation sites is 1. The summed E-state index contributed by atoms with van der Waals surface area (Å²) in [6.45, 7) is 7.12. The van der Waals surface area contributed by atoms with Gasteiger partial charge in [0.1, 0.15) is 12.5 Å². The van der Waals surface area contributed by atoms with Crippen molar-refractivity contribution in [3.63, 3.8) is 0 Å². The minimum atomic E-state index is 0.129. The fourth-order valence-corrected chi connectivity index (χ4v) is 1.36. The Kier molecular flexibility index (Phi) is 3.53. The van der Waals surface area contributed by atoms with Crippen molar-refractivity contribution >= 4 is 0 Å². The van der Waals surface area contributed by atoms with E-state index in [9.17, 15) is 0 Å². The first-order chi connectivity index (χ1) is 6.55. The van der Waals surface area contributed by atoms with Crippen molar-refractivity contribution in [1.82, 2.24) is 5.32 Å². The Labute approximate surface area is 86.3 Å². The third kappa shape index (κ3) is 2.74. The molecule has 1 aromatic carbocycles. The first kappa shape index (κ1) is 11.1. The van der Waals surface area contributed by atoms with Crippen LogP contribution >= 0.6 is 0 Å². The Bertz CT molecular complexity index is 289. The summed E-state index contributed by atoms with van der Waals surface area (Å²) < 4.78 is 5.60. The number of hydrogen-bond acceptors (Lipinski definition) is 2. The molecule has 2 nitrogen and oxygen atoms in total. The number of benzene rings is 1. The largest absolute Gasteiger partial charge is 0.478 e. The van der Waals surface area contributed by atoms with E-state index in [1.807, 2.05) is 25.2 Å². The maximum atomic E-state index is 5.60. The fourth-order valence-electron chi connectivity index (χ4n) is 1.36. The lowest BCUT2D eigenvalue weighted by molar-refractivity contribution is 0.288. The molecule has 0 spiro atoms. The average Bonchev–Trinajstić information content (AvgIpc) is 2.14. The van der Waals surface area contributed by atoms with E-state index in [0.29, 0.717) is 6.73 Å². The smallest absolute Gasteiger partial charge is 0.139 e. The van der Waals surface area contributed by atoms with Crippen molar-refractivity contribution in [3.05, 3.63) is 29.8 Å². The molecule has 0 aliphatic rings. The predicted octanol–water partition coefficient (Wildman–Crippen LogP) is 2.54. The standard InChI is InChI=1S/C12H19NO/c1-12(2,3)10-7-5-6-8-11(10)14-9-13-4/h5-8,13H,9H2,1-4H3. The number of nitrogens with one attached hydrogen (secondary N) is 1. The molecular weight excluding hydrogens is 174 g/mol. The lowest BCUT2D eigenvalue weighted by Gasteiger charge is -2.22. The van der Waals surface area contributed by atoms with E-state index in [0.717, 1.165) is 5.75 Å². The molecule has 1 rings (SSSR count). The highest BCUT2D eigenvalue weighted by Crippen LogP contribution is 2.30. The van der Waals surface area contributed by atoms with Crippen LogP contribution in [0.2, 0.25) is 0 Å². The Morgan fingerprint density at radius 1 is 1.21 bits per heavy atom. The number of rotatable bonds is 3. The molecule has 14 heavy (non-hydrogen) atoms. The molecule has 1 N–H and O–H groups in total. The molecule has 1 aromatic rings. The number of hydrogen-bond donors (Lipinski definition) is 1. The van der Waals surface area contributed by atoms with Gasteiger partial charge in [-0.05, 0) is 24.1 Å². The molecule has 0 unspecified atom stereocenters. The molecule has 0 amide bonds. The second kappa shape index (κ2) is 4.47. The van der Waals surface area contributed by atoms with Crippen molar-refractivity contribution in [3.8, 4) is 5.75 Å². The van der Waals surface area contributed by atoms with Crippen LogP contribution in [0.25, 0.3) is 0 Å². The van der Waals surface area contributed by atoms with Crippen LogP contribution in [0.5, 0.6) is 5.75 Å². The normalized spacial score (nSPS) is 11.4. The highest BCUT2D eigenvalue weighted by Gasteiger charge is 2.17. The maximum Gasteiger partial charge on any atom is 0.139 e. The highest BCUT2D eigenvalue weighted by atomic mass is 16.5. The molecule has 0 saturated heterocycles. The van der Waals surface area contributed by atoms with E-state index in [1.54, 1.807) is 0 Å². The summed E-state index contributed by atoms with van der Waals surface area (Å²) in [4.78, 5) is 0. The van der Waals surface area contributed by atoms with Gasteiger partial charge in [-0.2, -0.15) is 0 Å². The molecule has 0 aliphatic heterocycles. The second-order valence-corrected chi connectivity index (χ2v) is 4.39. The van der Waals surface area contributed by atoms with Crippen LogP contribution in [0.4, 0.5) is 0 Å². The van der Waals surface area contributed by atoms with Crippen molar-refractivity contribution in [2.75, 3.05) is 13.8 Å². The van der Waals surface area contributed by atoms with Gasteiger partial charge < -0.3 is 4.74 Å². The summed E-state index contributed by atoms with van der Waals surface area (Å²) in [5.74, 6) is 0.967. The van der Waals surface area contributed by atoms with Crippen molar-refractivity contribution in [1.29, 1.82) is 0 Å². The van der Waals surface area contributed by atoms with E-state index in [-0.39, 0.29) is 5.41 Å². The van der Waals surface area contributed by atoms with Gasteiger partial charge in [0, 0.05) is 0 Å². The van der Waals surface area contributed by atoms with Crippen LogP contribution in [0.15, 0.2) is 24.3 Å². The topological polar surface area (TPSA) is 21.3 Å². The Morgan fingerprint density at radius 3 is 2.43 bits per heavy atom. The van der Waals surface area contributed by atoms with Gasteiger partial charge in [-0.15, -0.1) is 0 Å². The number of ether oxygens (including phenoxy) is 1. The van der Waals surface area contributed by atoms with Crippen LogP contribution in [0.1, 0.15) is 26.3 Å². The molecule has 0 saturated carbocycles. The van der Waals surface area contributed by atoms with Crippen molar-refractivity contribution in [2.24, 2.45) is 0 Å². The summed E-state index contributed by atoms with van der Waals surface area (Å²) in [6.07, 6.45) is 0. The zero-order chi connectivity index (χ0) is 10.6. The van der Waals surface area contributed by atoms with Crippen LogP contribution < -0.4 is 10.1 Å². The molecule has 0 radical (unpaired) electrons. The SMILES string of the molecule is CNCOc1ccccc1C(C)(C)C. The summed E-state index contributed by atoms with van der Waals surface area (Å²) in [5.41, 5.74) is 1.37. The van der Waals surface area contributed by atoms with Gasteiger partial charge in [-0.1, -0.05) is 39.0 Å². The summed E-state index contributed by atoms with van der Waals surface area (Å²) >= 11 is 0. The quantitative estimate of drug-likeness (QED) is 0.745. The zero-order valence-corrected chi connectivity index (χ0v) is 9.42. The van der Waals surface area contributed by atoms with Crippen LogP contribution in [0.3, 0.4) is 0 Å². The van der Waals surface area contributed by atoms with Gasteiger partial charge in [0.15, 0.2) is 0 Å². The van der Waals surface area contributed by atoms with Crippen LogP contribution in [-0.2, 0) is 5.41 Å². The molecule has 0 aromatic heterocycles. The third-order valence-electron chi connectivity index (χ3n) is 2.07. The maximum absolute atomic E-state index is 5.60. The first-order valence-corrected chi connectivity index (χ1v) is 4.92. The minimum Gasteiger partial charge on any atom is -0.478 e. The fraction of sp³-hybridized carbons (Fsp3) is 0.500. The van der Waals surface area contributed by atoms with E-state index in [1.165, 1.54) is 5.56 Å². The predicted molar refractivity (Wildman–Crippen MR) is 59.7 cm³/mol. The van der Waals surface area contributed by atoms with E-state index >= 15 is 0 Å². The molecule has 0 fully saturated rings. The van der Waals surface area contributed by atoms with Gasteiger partial charge in [0.2, 0.25) is 0 Å². The molecule has 0 atom stereocenters. The minimum absolute atomic E-state index is 0.129. The lowest BCUT2D eigenvalue weighted by Crippen LogP contribution is -2.18. The monoisotopic (exact) mass is 193 g/mol. The van der Waals surface area contributed by atoms with Crippen molar-refractivity contribution in [2.45, 2.75) is 26.2 Å². The summed E-state index contributed by atoms with van der Waals surface area (Å²) in [6, 6.07) is 8.18. The van der Waals surface area contributed by atoms with Gasteiger partial charge in [-0.3, -0.25) is 5.32 Å². The molecule has 78 valence electrons. The highest BCUT2D eigenvalue weighted by molar-refractivity contribution is 5.38. The Hall–Kier alpha value is -1.02. The van der Waals surface area contributed by atoms with Gasteiger partial charge in [-0.25, -0.2) is 0 Å². The Morgan fingerprint density at radius 2 is 1.86 bits per heavy atom. The molecule has 0 bridgehead atoms. The van der Waals surface area contributed by atoms with E-state index < -0.39 is 0 Å². The van der Waals surface area contributed by atoms with E-state index in [2.05, 4.69) is 32.2 Å². The Balaban J connectivity index is 2.92. The van der Waals surface area contributed by atoms with Crippen molar-refractivity contribution < 1.29 is 4.74 Å². The van der Waals surface area contributed by atoms with Crippen LogP contribution in [-0.4, -0.2) is 13.8 Å². The van der Waals surface area contributed by atoms with E-state index in [4.69, 9.17) is 4.74 Å². The molecule has 0 aliphatic carbocycles. The third-order valence-corrected chi connectivity index (χ3v) is 2.07. The zero-order valence-electron chi connectivity index (χ0n) is 9.42. The van der Waals surface area contributed by atoms with Crippen LogP contribution in [0, 0.1) is 0 Å². The second-order valence-electron chi connectivity index (χ2n) is 4.39. The lowest BCUT2D eigenvalue weighted by atomic mass is 9.86. The van der Waals surface area contributed by atoms with Gasteiger partial charge in [0.25, 0.3) is 0 Å². The molecule has 0 heterocycles.